The number of halogens is 1. The number of carbonyl (C=O) groups is 2. The van der Waals surface area contributed by atoms with E-state index < -0.39 is 33.7 Å². The van der Waals surface area contributed by atoms with E-state index in [0.29, 0.717) is 12.8 Å². The standard InChI is InChI=1S/C13H13FN2O5/c14-9-3-2-8(6-10(9)16(20)21)11(17)15-7-13(12(18)19)4-1-5-13/h2-3,6H,1,4-5,7H2,(H,15,17)(H,18,19). The molecule has 0 saturated heterocycles. The SMILES string of the molecule is O=C(NCC1(C(=O)O)CCC1)c1ccc(F)c([N+](=O)[O-])c1. The lowest BCUT2D eigenvalue weighted by Crippen LogP contribution is -2.47. The number of aliphatic carboxylic acids is 1. The molecule has 0 aliphatic heterocycles. The van der Waals surface area contributed by atoms with Crippen LogP contribution in [0.2, 0.25) is 0 Å². The van der Waals surface area contributed by atoms with Gasteiger partial charge in [-0.2, -0.15) is 4.39 Å². The van der Waals surface area contributed by atoms with Crippen LogP contribution in [0.3, 0.4) is 0 Å². The Hall–Kier alpha value is -2.51. The highest BCUT2D eigenvalue weighted by atomic mass is 19.1. The van der Waals surface area contributed by atoms with Crippen LogP contribution in [0.1, 0.15) is 29.6 Å². The van der Waals surface area contributed by atoms with Gasteiger partial charge in [0.1, 0.15) is 0 Å². The second kappa shape index (κ2) is 5.47. The number of nitro benzene ring substituents is 1. The van der Waals surface area contributed by atoms with Crippen LogP contribution in [0.15, 0.2) is 18.2 Å². The van der Waals surface area contributed by atoms with Crippen molar-refractivity contribution in [2.45, 2.75) is 19.3 Å². The fraction of sp³-hybridized carbons (Fsp3) is 0.385. The number of hydrogen-bond acceptors (Lipinski definition) is 4. The lowest BCUT2D eigenvalue weighted by atomic mass is 9.69. The van der Waals surface area contributed by atoms with Crippen LogP contribution < -0.4 is 5.32 Å². The van der Waals surface area contributed by atoms with Crippen molar-refractivity contribution in [3.63, 3.8) is 0 Å². The van der Waals surface area contributed by atoms with Crippen LogP contribution in [0.25, 0.3) is 0 Å². The predicted octanol–water partition coefficient (Wildman–Crippen LogP) is 1.72. The zero-order valence-corrected chi connectivity index (χ0v) is 11.0. The summed E-state index contributed by atoms with van der Waals surface area (Å²) in [4.78, 5) is 32.7. The number of carbonyl (C=O) groups excluding carboxylic acids is 1. The summed E-state index contributed by atoms with van der Waals surface area (Å²) in [7, 11) is 0. The van der Waals surface area contributed by atoms with Crippen molar-refractivity contribution in [2.24, 2.45) is 5.41 Å². The lowest BCUT2D eigenvalue weighted by Gasteiger charge is -2.37. The lowest BCUT2D eigenvalue weighted by molar-refractivity contribution is -0.387. The molecule has 7 nitrogen and oxygen atoms in total. The Morgan fingerprint density at radius 1 is 1.43 bits per heavy atom. The normalized spacial score (nSPS) is 15.9. The molecule has 0 aromatic heterocycles. The minimum absolute atomic E-state index is 0.0493. The fourth-order valence-electron chi connectivity index (χ4n) is 2.22. The van der Waals surface area contributed by atoms with E-state index in [4.69, 9.17) is 5.11 Å². The summed E-state index contributed by atoms with van der Waals surface area (Å²) >= 11 is 0. The Morgan fingerprint density at radius 3 is 2.57 bits per heavy atom. The average molecular weight is 296 g/mol. The molecule has 1 aliphatic rings. The Bertz CT molecular complexity index is 613. The molecular weight excluding hydrogens is 283 g/mol. The van der Waals surface area contributed by atoms with E-state index in [9.17, 15) is 24.1 Å². The number of rotatable bonds is 5. The maximum Gasteiger partial charge on any atom is 0.311 e. The molecule has 2 rings (SSSR count). The molecule has 1 aromatic rings. The Labute approximate surface area is 118 Å². The summed E-state index contributed by atoms with van der Waals surface area (Å²) in [6, 6.07) is 2.79. The maximum absolute atomic E-state index is 13.2. The molecule has 0 heterocycles. The topological polar surface area (TPSA) is 110 Å². The third-order valence-corrected chi connectivity index (χ3v) is 3.76. The van der Waals surface area contributed by atoms with Gasteiger partial charge in [0.25, 0.3) is 5.91 Å². The van der Waals surface area contributed by atoms with Crippen LogP contribution >= 0.6 is 0 Å². The van der Waals surface area contributed by atoms with Crippen molar-refractivity contribution in [2.75, 3.05) is 6.54 Å². The maximum atomic E-state index is 13.2. The van der Waals surface area contributed by atoms with E-state index in [1.807, 2.05) is 0 Å². The third kappa shape index (κ3) is 2.83. The van der Waals surface area contributed by atoms with Gasteiger partial charge in [0.15, 0.2) is 0 Å². The minimum atomic E-state index is -1.03. The van der Waals surface area contributed by atoms with Crippen molar-refractivity contribution in [1.29, 1.82) is 0 Å². The number of amides is 1. The Balaban J connectivity index is 2.09. The van der Waals surface area contributed by atoms with Gasteiger partial charge in [-0.05, 0) is 25.0 Å². The van der Waals surface area contributed by atoms with Crippen LogP contribution in [-0.4, -0.2) is 28.5 Å². The van der Waals surface area contributed by atoms with Crippen LogP contribution in [0, 0.1) is 21.3 Å². The van der Waals surface area contributed by atoms with E-state index in [-0.39, 0.29) is 12.1 Å². The van der Waals surface area contributed by atoms with Gasteiger partial charge >= 0.3 is 11.7 Å². The third-order valence-electron chi connectivity index (χ3n) is 3.76. The summed E-state index contributed by atoms with van der Waals surface area (Å²) < 4.78 is 13.2. The number of nitro groups is 1. The summed E-state index contributed by atoms with van der Waals surface area (Å²) in [5, 5.41) is 22.2. The van der Waals surface area contributed by atoms with Crippen LogP contribution in [0.5, 0.6) is 0 Å². The molecule has 21 heavy (non-hydrogen) atoms. The van der Waals surface area contributed by atoms with Crippen molar-refractivity contribution in [3.8, 4) is 0 Å². The Kier molecular flexibility index (Phi) is 3.88. The molecule has 1 fully saturated rings. The van der Waals surface area contributed by atoms with Gasteiger partial charge in [-0.3, -0.25) is 19.7 Å². The molecule has 0 spiro atoms. The molecule has 8 heteroatoms. The highest BCUT2D eigenvalue weighted by Gasteiger charge is 2.44. The number of carboxylic acids is 1. The molecule has 1 aliphatic carbocycles. The van der Waals surface area contributed by atoms with Crippen LogP contribution in [-0.2, 0) is 4.79 Å². The summed E-state index contributed by atoms with van der Waals surface area (Å²) in [6.45, 7) is -0.0493. The van der Waals surface area contributed by atoms with Gasteiger partial charge in [-0.1, -0.05) is 6.42 Å². The largest absolute Gasteiger partial charge is 0.481 e. The van der Waals surface area contributed by atoms with Crippen molar-refractivity contribution < 1.29 is 24.0 Å². The van der Waals surface area contributed by atoms with E-state index >= 15 is 0 Å². The predicted molar refractivity (Wildman–Crippen MR) is 69.3 cm³/mol. The van der Waals surface area contributed by atoms with E-state index in [0.717, 1.165) is 24.6 Å². The summed E-state index contributed by atoms with van der Waals surface area (Å²) in [5.41, 5.74) is -1.83. The van der Waals surface area contributed by atoms with Gasteiger partial charge < -0.3 is 10.4 Å². The van der Waals surface area contributed by atoms with Gasteiger partial charge in [0.05, 0.1) is 10.3 Å². The van der Waals surface area contributed by atoms with Crippen molar-refractivity contribution in [1.82, 2.24) is 5.32 Å². The molecule has 0 bridgehead atoms. The highest BCUT2D eigenvalue weighted by molar-refractivity contribution is 5.95. The molecule has 1 amide bonds. The molecule has 1 aromatic carbocycles. The number of nitrogens with one attached hydrogen (secondary N) is 1. The Morgan fingerprint density at radius 2 is 2.10 bits per heavy atom. The van der Waals surface area contributed by atoms with E-state index in [1.165, 1.54) is 0 Å². The zero-order valence-electron chi connectivity index (χ0n) is 11.0. The minimum Gasteiger partial charge on any atom is -0.481 e. The van der Waals surface area contributed by atoms with E-state index in [1.54, 1.807) is 0 Å². The van der Waals surface area contributed by atoms with Crippen LogP contribution in [0.4, 0.5) is 10.1 Å². The molecule has 1 saturated carbocycles. The molecule has 2 N–H and O–H groups in total. The molecular formula is C13H13FN2O5. The number of benzene rings is 1. The van der Waals surface area contributed by atoms with Crippen molar-refractivity contribution in [3.05, 3.63) is 39.7 Å². The first kappa shape index (κ1) is 14.9. The summed E-state index contributed by atoms with van der Waals surface area (Å²) in [5.74, 6) is -2.66. The first-order valence-electron chi connectivity index (χ1n) is 6.31. The van der Waals surface area contributed by atoms with Gasteiger partial charge in [0.2, 0.25) is 5.82 Å². The van der Waals surface area contributed by atoms with E-state index in [2.05, 4.69) is 5.32 Å². The van der Waals surface area contributed by atoms with Crippen molar-refractivity contribution >= 4 is 17.6 Å². The fourth-order valence-corrected chi connectivity index (χ4v) is 2.22. The monoisotopic (exact) mass is 296 g/mol. The van der Waals surface area contributed by atoms with Gasteiger partial charge in [-0.15, -0.1) is 0 Å². The first-order chi connectivity index (χ1) is 9.85. The number of carboxylic acid groups (broad SMARTS) is 1. The quantitative estimate of drug-likeness (QED) is 0.635. The second-order valence-electron chi connectivity index (χ2n) is 5.05. The van der Waals surface area contributed by atoms with Gasteiger partial charge in [-0.25, -0.2) is 0 Å². The smallest absolute Gasteiger partial charge is 0.311 e. The summed E-state index contributed by atoms with van der Waals surface area (Å²) in [6.07, 6.45) is 1.74. The van der Waals surface area contributed by atoms with Gasteiger partial charge in [0, 0.05) is 18.2 Å². The molecule has 0 unspecified atom stereocenters. The molecule has 0 atom stereocenters. The zero-order chi connectivity index (χ0) is 15.6. The highest BCUT2D eigenvalue weighted by Crippen LogP contribution is 2.40. The number of hydrogen-bond donors (Lipinski definition) is 2. The molecule has 112 valence electrons. The second-order valence-corrected chi connectivity index (χ2v) is 5.05. The molecule has 0 radical (unpaired) electrons. The first-order valence-corrected chi connectivity index (χ1v) is 6.31. The average Bonchev–Trinajstić information content (AvgIpc) is 2.36. The number of nitrogens with zero attached hydrogens (tertiary/aromatic N) is 1.